The Balaban J connectivity index is 1.49. The Bertz CT molecular complexity index is 1460. The van der Waals surface area contributed by atoms with Gasteiger partial charge in [0, 0.05) is 30.7 Å². The summed E-state index contributed by atoms with van der Waals surface area (Å²) in [6.07, 6.45) is 1.87. The SMILES string of the molecule is CCOc1cc(/C=N/NC(=O)CCCNC(=O)c2ccc([N+](=O)[O-])cc2)ccc1OC(=O)c1ccc(OC)c(OC)c1. The second-order valence-corrected chi connectivity index (χ2v) is 8.56. The van der Waals surface area contributed by atoms with E-state index in [2.05, 4.69) is 15.8 Å². The summed E-state index contributed by atoms with van der Waals surface area (Å²) in [5.74, 6) is 0.00456. The highest BCUT2D eigenvalue weighted by Gasteiger charge is 2.16. The van der Waals surface area contributed by atoms with Gasteiger partial charge in [-0.1, -0.05) is 0 Å². The number of nitrogens with zero attached hydrogens (tertiary/aromatic N) is 2. The van der Waals surface area contributed by atoms with E-state index in [1.54, 1.807) is 37.3 Å². The Morgan fingerprint density at radius 3 is 2.26 bits per heavy atom. The number of carbonyl (C=O) groups excluding carboxylic acids is 3. The van der Waals surface area contributed by atoms with Gasteiger partial charge in [0.05, 0.1) is 37.5 Å². The van der Waals surface area contributed by atoms with E-state index in [4.69, 9.17) is 18.9 Å². The molecule has 0 saturated carbocycles. The number of carbonyl (C=O) groups is 3. The summed E-state index contributed by atoms with van der Waals surface area (Å²) in [7, 11) is 2.96. The number of benzene rings is 3. The van der Waals surface area contributed by atoms with Crippen LogP contribution in [-0.4, -0.2) is 56.3 Å². The molecule has 0 atom stereocenters. The van der Waals surface area contributed by atoms with Crippen LogP contribution < -0.4 is 29.7 Å². The third-order valence-corrected chi connectivity index (χ3v) is 5.70. The van der Waals surface area contributed by atoms with Crippen LogP contribution in [0.25, 0.3) is 0 Å². The molecular weight excluding hydrogens is 548 g/mol. The third kappa shape index (κ3) is 8.78. The number of non-ortho nitro benzene ring substituents is 1. The van der Waals surface area contributed by atoms with Gasteiger partial charge in [0.25, 0.3) is 11.6 Å². The van der Waals surface area contributed by atoms with Crippen LogP contribution in [0, 0.1) is 10.1 Å². The molecule has 0 aliphatic rings. The summed E-state index contributed by atoms with van der Waals surface area (Å²) in [5, 5.41) is 17.3. The molecule has 13 heteroatoms. The van der Waals surface area contributed by atoms with Crippen LogP contribution in [0.2, 0.25) is 0 Å². The smallest absolute Gasteiger partial charge is 0.343 e. The van der Waals surface area contributed by atoms with E-state index in [-0.39, 0.29) is 41.4 Å². The largest absolute Gasteiger partial charge is 0.493 e. The van der Waals surface area contributed by atoms with E-state index < -0.39 is 16.8 Å². The van der Waals surface area contributed by atoms with Crippen molar-refractivity contribution in [3.05, 3.63) is 87.5 Å². The average molecular weight is 579 g/mol. The number of methoxy groups -OCH3 is 2. The third-order valence-electron chi connectivity index (χ3n) is 5.70. The van der Waals surface area contributed by atoms with Crippen molar-refractivity contribution in [3.8, 4) is 23.0 Å². The van der Waals surface area contributed by atoms with Crippen LogP contribution in [0.5, 0.6) is 23.0 Å². The van der Waals surface area contributed by atoms with Gasteiger partial charge in [-0.05, 0) is 67.4 Å². The van der Waals surface area contributed by atoms with E-state index in [0.717, 1.165) is 0 Å². The lowest BCUT2D eigenvalue weighted by Crippen LogP contribution is -2.26. The van der Waals surface area contributed by atoms with Crippen LogP contribution in [0.3, 0.4) is 0 Å². The number of nitrogens with one attached hydrogen (secondary N) is 2. The molecule has 0 aromatic heterocycles. The number of rotatable bonds is 14. The Morgan fingerprint density at radius 2 is 1.60 bits per heavy atom. The minimum atomic E-state index is -0.616. The van der Waals surface area contributed by atoms with Crippen molar-refractivity contribution in [2.75, 3.05) is 27.4 Å². The number of nitro benzene ring substituents is 1. The van der Waals surface area contributed by atoms with E-state index in [0.29, 0.717) is 35.8 Å². The normalized spacial score (nSPS) is 10.5. The first kappa shape index (κ1) is 31.1. The standard InChI is InChI=1S/C29H30N4O9/c1-4-41-26-16-19(7-13-24(26)42-29(36)21-10-14-23(39-2)25(17-21)40-3)18-31-32-27(34)6-5-15-30-28(35)20-8-11-22(12-9-20)33(37)38/h7-14,16-18H,4-6,15H2,1-3H3,(H,30,35)(H,32,34)/b31-18+. The van der Waals surface area contributed by atoms with Crippen LogP contribution >= 0.6 is 0 Å². The van der Waals surface area contributed by atoms with Crippen molar-refractivity contribution < 1.29 is 38.3 Å². The highest BCUT2D eigenvalue weighted by atomic mass is 16.6. The summed E-state index contributed by atoms with van der Waals surface area (Å²) in [6, 6.07) is 14.7. The second kappa shape index (κ2) is 15.4. The first-order valence-corrected chi connectivity index (χ1v) is 12.8. The van der Waals surface area contributed by atoms with Crippen LogP contribution in [0.1, 0.15) is 46.0 Å². The lowest BCUT2D eigenvalue weighted by Gasteiger charge is -2.12. The maximum absolute atomic E-state index is 12.7. The zero-order chi connectivity index (χ0) is 30.5. The number of esters is 1. The van der Waals surface area contributed by atoms with E-state index in [9.17, 15) is 24.5 Å². The fourth-order valence-corrected chi connectivity index (χ4v) is 3.60. The Hall–Kier alpha value is -5.46. The molecular formula is C29H30N4O9. The van der Waals surface area contributed by atoms with Gasteiger partial charge < -0.3 is 24.3 Å². The number of hydrogen-bond donors (Lipinski definition) is 2. The topological polar surface area (TPSA) is 168 Å². The van der Waals surface area contributed by atoms with Gasteiger partial charge in [0.2, 0.25) is 5.91 Å². The Labute approximate surface area is 241 Å². The fourth-order valence-electron chi connectivity index (χ4n) is 3.60. The van der Waals surface area contributed by atoms with Gasteiger partial charge in [0.15, 0.2) is 23.0 Å². The molecule has 13 nitrogen and oxygen atoms in total. The molecule has 0 unspecified atom stereocenters. The quantitative estimate of drug-likeness (QED) is 0.0720. The van der Waals surface area contributed by atoms with Gasteiger partial charge in [-0.3, -0.25) is 19.7 Å². The van der Waals surface area contributed by atoms with Crippen molar-refractivity contribution in [2.45, 2.75) is 19.8 Å². The number of hydrogen-bond acceptors (Lipinski definition) is 10. The second-order valence-electron chi connectivity index (χ2n) is 8.56. The van der Waals surface area contributed by atoms with E-state index in [1.807, 2.05) is 0 Å². The molecule has 3 aromatic rings. The number of nitro groups is 1. The minimum Gasteiger partial charge on any atom is -0.493 e. The maximum atomic E-state index is 12.7. The molecule has 0 bridgehead atoms. The van der Waals surface area contributed by atoms with Gasteiger partial charge in [-0.2, -0.15) is 5.10 Å². The van der Waals surface area contributed by atoms with Crippen molar-refractivity contribution >= 4 is 29.7 Å². The predicted octanol–water partition coefficient (Wildman–Crippen LogP) is 3.89. The first-order chi connectivity index (χ1) is 20.2. The lowest BCUT2D eigenvalue weighted by molar-refractivity contribution is -0.384. The van der Waals surface area contributed by atoms with Crippen LogP contribution in [-0.2, 0) is 4.79 Å². The van der Waals surface area contributed by atoms with Crippen molar-refractivity contribution in [2.24, 2.45) is 5.10 Å². The molecule has 3 aromatic carbocycles. The minimum absolute atomic E-state index is 0.104. The molecule has 220 valence electrons. The fraction of sp³-hybridized carbons (Fsp3) is 0.241. The van der Waals surface area contributed by atoms with E-state index in [1.165, 1.54) is 50.8 Å². The molecule has 0 aliphatic heterocycles. The maximum Gasteiger partial charge on any atom is 0.343 e. The molecule has 0 saturated heterocycles. The molecule has 0 fully saturated rings. The summed E-state index contributed by atoms with van der Waals surface area (Å²) >= 11 is 0. The first-order valence-electron chi connectivity index (χ1n) is 12.8. The van der Waals surface area contributed by atoms with Gasteiger partial charge in [0.1, 0.15) is 0 Å². The molecule has 0 spiro atoms. The lowest BCUT2D eigenvalue weighted by atomic mass is 10.2. The predicted molar refractivity (Wildman–Crippen MR) is 153 cm³/mol. The highest BCUT2D eigenvalue weighted by Crippen LogP contribution is 2.31. The molecule has 2 N–H and O–H groups in total. The van der Waals surface area contributed by atoms with Crippen molar-refractivity contribution in [1.29, 1.82) is 0 Å². The molecule has 2 amide bonds. The summed E-state index contributed by atoms with van der Waals surface area (Å²) in [5.41, 5.74) is 3.43. The Kier molecular flexibility index (Phi) is 11.4. The summed E-state index contributed by atoms with van der Waals surface area (Å²) in [4.78, 5) is 47.1. The highest BCUT2D eigenvalue weighted by molar-refractivity contribution is 5.94. The number of amides is 2. The van der Waals surface area contributed by atoms with Gasteiger partial charge in [-0.15, -0.1) is 0 Å². The van der Waals surface area contributed by atoms with Crippen LogP contribution in [0.15, 0.2) is 65.8 Å². The molecule has 0 radical (unpaired) electrons. The van der Waals surface area contributed by atoms with Crippen molar-refractivity contribution in [1.82, 2.24) is 10.7 Å². The van der Waals surface area contributed by atoms with Crippen LogP contribution in [0.4, 0.5) is 5.69 Å². The average Bonchev–Trinajstić information content (AvgIpc) is 3.00. The summed E-state index contributed by atoms with van der Waals surface area (Å²) < 4.78 is 21.6. The zero-order valence-electron chi connectivity index (χ0n) is 23.2. The van der Waals surface area contributed by atoms with Crippen molar-refractivity contribution in [3.63, 3.8) is 0 Å². The zero-order valence-corrected chi connectivity index (χ0v) is 23.2. The number of hydrazone groups is 1. The molecule has 0 aliphatic carbocycles. The van der Waals surface area contributed by atoms with Gasteiger partial charge >= 0.3 is 5.97 Å². The summed E-state index contributed by atoms with van der Waals surface area (Å²) in [6.45, 7) is 2.34. The monoisotopic (exact) mass is 578 g/mol. The Morgan fingerprint density at radius 1 is 0.905 bits per heavy atom. The van der Waals surface area contributed by atoms with Gasteiger partial charge in [-0.25, -0.2) is 10.2 Å². The number of ether oxygens (including phenoxy) is 4. The molecule has 3 rings (SSSR count). The molecule has 42 heavy (non-hydrogen) atoms. The molecule has 0 heterocycles. The van der Waals surface area contributed by atoms with E-state index >= 15 is 0 Å².